The molecule has 0 heterocycles. The Balaban J connectivity index is 0. The van der Waals surface area contributed by atoms with Gasteiger partial charge in [-0.1, -0.05) is 0 Å². The summed E-state index contributed by atoms with van der Waals surface area (Å²) >= 11 is 0. The molecule has 0 amide bonds. The van der Waals surface area contributed by atoms with Crippen molar-refractivity contribution < 1.29 is 14.9 Å². The van der Waals surface area contributed by atoms with Gasteiger partial charge in [0.25, 0.3) is 0 Å². The van der Waals surface area contributed by atoms with Crippen LogP contribution in [0.3, 0.4) is 0 Å². The lowest BCUT2D eigenvalue weighted by atomic mass is 10.3. The van der Waals surface area contributed by atoms with Gasteiger partial charge in [-0.15, -0.1) is 0 Å². The summed E-state index contributed by atoms with van der Waals surface area (Å²) in [6, 6.07) is 0. The van der Waals surface area contributed by atoms with E-state index in [0.717, 1.165) is 13.2 Å². The van der Waals surface area contributed by atoms with E-state index in [0.29, 0.717) is 6.42 Å². The highest BCUT2D eigenvalue weighted by atomic mass is 16.5. The predicted octanol–water partition coefficient (Wildman–Crippen LogP) is 0.792. The van der Waals surface area contributed by atoms with E-state index in [1.165, 1.54) is 0 Å². The van der Waals surface area contributed by atoms with Gasteiger partial charge in [-0.3, -0.25) is 0 Å². The molecule has 0 radical (unpaired) electrons. The van der Waals surface area contributed by atoms with Crippen LogP contribution in [-0.4, -0.2) is 36.1 Å². The summed E-state index contributed by atoms with van der Waals surface area (Å²) in [6.07, 6.45) is 0.134. The second-order valence-electron chi connectivity index (χ2n) is 2.14. The predicted molar refractivity (Wildman–Crippen MR) is 45.6 cm³/mol. The molecule has 70 valence electrons. The average Bonchev–Trinajstić information content (AvgIpc) is 1.90. The van der Waals surface area contributed by atoms with Gasteiger partial charge in [0.1, 0.15) is 0 Å². The Kier molecular flexibility index (Phi) is 15.4. The maximum Gasteiger partial charge on any atom is 0.0533 e. The molecule has 0 aliphatic carbocycles. The molecule has 0 aromatic heterocycles. The number of aliphatic hydroxyl groups is 2. The summed E-state index contributed by atoms with van der Waals surface area (Å²) < 4.78 is 4.83. The van der Waals surface area contributed by atoms with Crippen molar-refractivity contribution in [1.29, 1.82) is 0 Å². The fraction of sp³-hybridized carbons (Fsp3) is 1.00. The average molecular weight is 164 g/mol. The molecule has 0 aliphatic heterocycles. The number of hydrogen-bond donors (Lipinski definition) is 2. The lowest BCUT2D eigenvalue weighted by molar-refractivity contribution is 0.148. The van der Waals surface area contributed by atoms with E-state index in [1.807, 2.05) is 13.8 Å². The van der Waals surface area contributed by atoms with Gasteiger partial charge in [0.15, 0.2) is 0 Å². The van der Waals surface area contributed by atoms with Crippen LogP contribution in [0.4, 0.5) is 0 Å². The van der Waals surface area contributed by atoms with E-state index in [1.54, 1.807) is 6.92 Å². The molecule has 2 N–H and O–H groups in total. The summed E-state index contributed by atoms with van der Waals surface area (Å²) in [7, 11) is 0. The largest absolute Gasteiger partial charge is 0.396 e. The SMILES string of the molecule is CC(O)CCO.CCOCC. The fourth-order valence-electron chi connectivity index (χ4n) is 0.391. The van der Waals surface area contributed by atoms with Gasteiger partial charge < -0.3 is 14.9 Å². The third-order valence-electron chi connectivity index (χ3n) is 0.955. The van der Waals surface area contributed by atoms with Crippen molar-refractivity contribution in [1.82, 2.24) is 0 Å². The van der Waals surface area contributed by atoms with Crippen molar-refractivity contribution in [2.24, 2.45) is 0 Å². The molecule has 0 aromatic carbocycles. The van der Waals surface area contributed by atoms with Crippen LogP contribution in [0, 0.1) is 0 Å². The Morgan fingerprint density at radius 3 is 1.73 bits per heavy atom. The normalized spacial score (nSPS) is 11.7. The topological polar surface area (TPSA) is 49.7 Å². The molecule has 3 nitrogen and oxygen atoms in total. The van der Waals surface area contributed by atoms with E-state index in [9.17, 15) is 0 Å². The molecule has 1 atom stereocenters. The van der Waals surface area contributed by atoms with Crippen LogP contribution in [0.1, 0.15) is 27.2 Å². The van der Waals surface area contributed by atoms with E-state index >= 15 is 0 Å². The summed E-state index contributed by atoms with van der Waals surface area (Å²) in [6.45, 7) is 7.40. The quantitative estimate of drug-likeness (QED) is 0.646. The number of rotatable bonds is 4. The maximum atomic E-state index is 8.39. The van der Waals surface area contributed by atoms with E-state index in [-0.39, 0.29) is 12.7 Å². The second kappa shape index (κ2) is 12.5. The monoisotopic (exact) mass is 164 g/mol. The summed E-state index contributed by atoms with van der Waals surface area (Å²) in [5.41, 5.74) is 0. The molecule has 0 aromatic rings. The van der Waals surface area contributed by atoms with Crippen LogP contribution < -0.4 is 0 Å². The summed E-state index contributed by atoms with van der Waals surface area (Å²) in [4.78, 5) is 0. The minimum atomic E-state index is -0.352. The van der Waals surface area contributed by atoms with Crippen LogP contribution in [0.2, 0.25) is 0 Å². The van der Waals surface area contributed by atoms with Crippen LogP contribution in [0.5, 0.6) is 0 Å². The molecular weight excluding hydrogens is 144 g/mol. The van der Waals surface area contributed by atoms with Gasteiger partial charge in [0.2, 0.25) is 0 Å². The van der Waals surface area contributed by atoms with Crippen molar-refractivity contribution >= 4 is 0 Å². The Labute approximate surface area is 69.0 Å². The molecule has 0 rings (SSSR count). The second-order valence-corrected chi connectivity index (χ2v) is 2.14. The third kappa shape index (κ3) is 25.8. The highest BCUT2D eigenvalue weighted by Gasteiger charge is 1.88. The first kappa shape index (κ1) is 13.5. The zero-order valence-electron chi connectivity index (χ0n) is 7.71. The van der Waals surface area contributed by atoms with Gasteiger partial charge in [0, 0.05) is 19.8 Å². The Hall–Kier alpha value is -0.120. The van der Waals surface area contributed by atoms with Crippen LogP contribution in [0.25, 0.3) is 0 Å². The molecule has 1 unspecified atom stereocenters. The minimum absolute atomic E-state index is 0.0810. The molecule has 0 aliphatic rings. The first-order valence-corrected chi connectivity index (χ1v) is 4.05. The Bertz CT molecular complexity index is 53.3. The Morgan fingerprint density at radius 1 is 1.27 bits per heavy atom. The van der Waals surface area contributed by atoms with Gasteiger partial charge in [-0.05, 0) is 27.2 Å². The zero-order valence-corrected chi connectivity index (χ0v) is 7.71. The molecule has 0 saturated carbocycles. The number of hydrogen-bond acceptors (Lipinski definition) is 3. The highest BCUT2D eigenvalue weighted by Crippen LogP contribution is 1.83. The lowest BCUT2D eigenvalue weighted by Crippen LogP contribution is -2.00. The first-order chi connectivity index (χ1) is 5.18. The van der Waals surface area contributed by atoms with Crippen LogP contribution in [-0.2, 0) is 4.74 Å². The van der Waals surface area contributed by atoms with Crippen molar-refractivity contribution in [2.75, 3.05) is 19.8 Å². The lowest BCUT2D eigenvalue weighted by Gasteiger charge is -1.95. The Morgan fingerprint density at radius 2 is 1.73 bits per heavy atom. The van der Waals surface area contributed by atoms with Crippen molar-refractivity contribution in [3.63, 3.8) is 0 Å². The van der Waals surface area contributed by atoms with Gasteiger partial charge >= 0.3 is 0 Å². The van der Waals surface area contributed by atoms with Gasteiger partial charge in [0.05, 0.1) is 6.10 Å². The van der Waals surface area contributed by atoms with Gasteiger partial charge in [-0.2, -0.15) is 0 Å². The number of aliphatic hydroxyl groups excluding tert-OH is 2. The fourth-order valence-corrected chi connectivity index (χ4v) is 0.391. The van der Waals surface area contributed by atoms with Crippen LogP contribution in [0.15, 0.2) is 0 Å². The zero-order chi connectivity index (χ0) is 9.11. The molecule has 11 heavy (non-hydrogen) atoms. The minimum Gasteiger partial charge on any atom is -0.396 e. The van der Waals surface area contributed by atoms with E-state index in [4.69, 9.17) is 14.9 Å². The van der Waals surface area contributed by atoms with E-state index in [2.05, 4.69) is 0 Å². The summed E-state index contributed by atoms with van der Waals surface area (Å²) in [5, 5.41) is 16.5. The van der Waals surface area contributed by atoms with Crippen molar-refractivity contribution in [3.8, 4) is 0 Å². The van der Waals surface area contributed by atoms with Crippen molar-refractivity contribution in [2.45, 2.75) is 33.3 Å². The summed E-state index contributed by atoms with van der Waals surface area (Å²) in [5.74, 6) is 0. The number of ether oxygens (including phenoxy) is 1. The molecule has 0 saturated heterocycles. The molecule has 3 heteroatoms. The van der Waals surface area contributed by atoms with E-state index < -0.39 is 0 Å². The van der Waals surface area contributed by atoms with Gasteiger partial charge in [-0.25, -0.2) is 0 Å². The van der Waals surface area contributed by atoms with Crippen molar-refractivity contribution in [3.05, 3.63) is 0 Å². The smallest absolute Gasteiger partial charge is 0.0533 e. The standard InChI is InChI=1S/C4H10O2.C4H10O/c1-4(6)2-3-5;1-3-5-4-2/h4-6H,2-3H2,1H3;3-4H2,1-2H3. The first-order valence-electron chi connectivity index (χ1n) is 4.05. The maximum absolute atomic E-state index is 8.39. The highest BCUT2D eigenvalue weighted by molar-refractivity contribution is 4.40. The third-order valence-corrected chi connectivity index (χ3v) is 0.955. The molecule has 0 spiro atoms. The van der Waals surface area contributed by atoms with Crippen LogP contribution >= 0.6 is 0 Å². The molecule has 0 bridgehead atoms. The molecule has 0 fully saturated rings. The molecular formula is C8H20O3.